The number of nitrogens with one attached hydrogen (secondary N) is 1. The molecule has 4 rings (SSSR count). The Balaban J connectivity index is 1.86. The number of anilines is 1. The zero-order valence-corrected chi connectivity index (χ0v) is 17.5. The second kappa shape index (κ2) is 7.80. The van der Waals surface area contributed by atoms with Crippen molar-refractivity contribution in [1.29, 1.82) is 0 Å². The third-order valence-corrected chi connectivity index (χ3v) is 5.50. The van der Waals surface area contributed by atoms with Crippen molar-refractivity contribution in [2.24, 2.45) is 0 Å². The molecule has 1 N–H and O–H groups in total. The fourth-order valence-electron chi connectivity index (χ4n) is 3.58. The van der Waals surface area contributed by atoms with Crippen LogP contribution in [0.4, 0.5) is 5.95 Å². The lowest BCUT2D eigenvalue weighted by Gasteiger charge is -2.30. The molecule has 28 heavy (non-hydrogen) atoms. The van der Waals surface area contributed by atoms with Gasteiger partial charge in [-0.3, -0.25) is 4.57 Å². The number of aromatic nitrogens is 2. The molecule has 1 aliphatic heterocycles. The van der Waals surface area contributed by atoms with Crippen molar-refractivity contribution in [1.82, 2.24) is 9.55 Å². The molecule has 2 heterocycles. The van der Waals surface area contributed by atoms with Crippen LogP contribution in [0.2, 0.25) is 0 Å². The number of nitrogens with zero attached hydrogens (tertiary/aromatic N) is 2. The van der Waals surface area contributed by atoms with Gasteiger partial charge in [-0.15, -0.1) is 0 Å². The number of para-hydroxylation sites is 2. The quantitative estimate of drug-likeness (QED) is 0.425. The molecule has 0 amide bonds. The summed E-state index contributed by atoms with van der Waals surface area (Å²) in [7, 11) is 0. The number of imidazole rings is 1. The second-order valence-electron chi connectivity index (χ2n) is 6.90. The molecule has 1 atom stereocenters. The van der Waals surface area contributed by atoms with Crippen LogP contribution in [0.5, 0.6) is 0 Å². The molecule has 1 aliphatic rings. The molecule has 0 spiro atoms. The van der Waals surface area contributed by atoms with Gasteiger partial charge in [0, 0.05) is 10.2 Å². The van der Waals surface area contributed by atoms with Gasteiger partial charge in [-0.25, -0.2) is 9.78 Å². The largest absolute Gasteiger partial charge is 0.462 e. The average molecular weight is 440 g/mol. The molecule has 5 nitrogen and oxygen atoms in total. The maximum Gasteiger partial charge on any atom is 0.338 e. The number of benzene rings is 2. The first-order valence-corrected chi connectivity index (χ1v) is 10.3. The normalized spacial score (nSPS) is 16.0. The number of ether oxygens (including phenoxy) is 1. The Morgan fingerprint density at radius 2 is 1.96 bits per heavy atom. The Labute approximate surface area is 172 Å². The molecule has 1 aromatic heterocycles. The van der Waals surface area contributed by atoms with Crippen LogP contribution in [0.15, 0.2) is 64.3 Å². The Kier molecular flexibility index (Phi) is 5.22. The Bertz CT molecular complexity index is 1050. The summed E-state index contributed by atoms with van der Waals surface area (Å²) in [5.41, 5.74) is 4.27. The van der Waals surface area contributed by atoms with E-state index in [1.165, 1.54) is 0 Å². The molecular formula is C22H22BrN3O2. The van der Waals surface area contributed by atoms with Gasteiger partial charge >= 0.3 is 5.97 Å². The number of allylic oxidation sites excluding steroid dienone is 1. The summed E-state index contributed by atoms with van der Waals surface area (Å²) in [6.07, 6.45) is 1.84. The van der Waals surface area contributed by atoms with Crippen LogP contribution in [-0.2, 0) is 9.53 Å². The Morgan fingerprint density at radius 1 is 1.21 bits per heavy atom. The van der Waals surface area contributed by atoms with Crippen LogP contribution in [0.1, 0.15) is 38.3 Å². The smallest absolute Gasteiger partial charge is 0.338 e. The van der Waals surface area contributed by atoms with Gasteiger partial charge in [0.15, 0.2) is 0 Å². The highest BCUT2D eigenvalue weighted by molar-refractivity contribution is 9.10. The first-order chi connectivity index (χ1) is 13.6. The fourth-order valence-corrected chi connectivity index (χ4v) is 3.84. The molecule has 3 aromatic rings. The summed E-state index contributed by atoms with van der Waals surface area (Å²) >= 11 is 3.50. The summed E-state index contributed by atoms with van der Waals surface area (Å²) in [6, 6.07) is 15.7. The van der Waals surface area contributed by atoms with Crippen LogP contribution in [0.3, 0.4) is 0 Å². The molecule has 0 saturated carbocycles. The van der Waals surface area contributed by atoms with E-state index in [1.807, 2.05) is 55.5 Å². The van der Waals surface area contributed by atoms with Crippen LogP contribution < -0.4 is 5.32 Å². The monoisotopic (exact) mass is 439 g/mol. The number of unbranched alkanes of at least 4 members (excludes halogenated alkanes) is 1. The minimum absolute atomic E-state index is 0.283. The standard InChI is InChI=1S/C22H22BrN3O2/c1-3-4-13-28-21(27)19-14(2)24-22-25-17-7-5-6-8-18(17)26(22)20(19)15-9-11-16(23)12-10-15/h5-12,20H,3-4,13H2,1-2H3,(H,24,25)/t20-/m0/s1. The molecule has 0 aliphatic carbocycles. The molecule has 0 saturated heterocycles. The second-order valence-corrected chi connectivity index (χ2v) is 7.82. The van der Waals surface area contributed by atoms with E-state index in [4.69, 9.17) is 9.72 Å². The molecular weight excluding hydrogens is 418 g/mol. The summed E-state index contributed by atoms with van der Waals surface area (Å²) in [5.74, 6) is 0.450. The highest BCUT2D eigenvalue weighted by Gasteiger charge is 2.34. The van der Waals surface area contributed by atoms with E-state index in [9.17, 15) is 4.79 Å². The molecule has 0 radical (unpaired) electrons. The van der Waals surface area contributed by atoms with Gasteiger partial charge in [-0.05, 0) is 43.2 Å². The number of halogens is 1. The van der Waals surface area contributed by atoms with Crippen molar-refractivity contribution in [3.05, 3.63) is 69.8 Å². The summed E-state index contributed by atoms with van der Waals surface area (Å²) in [6.45, 7) is 4.41. The Morgan fingerprint density at radius 3 is 2.71 bits per heavy atom. The van der Waals surface area contributed by atoms with Crippen molar-refractivity contribution in [2.45, 2.75) is 32.7 Å². The lowest BCUT2D eigenvalue weighted by atomic mass is 9.95. The molecule has 0 bridgehead atoms. The summed E-state index contributed by atoms with van der Waals surface area (Å²) in [4.78, 5) is 17.8. The van der Waals surface area contributed by atoms with E-state index < -0.39 is 0 Å². The predicted molar refractivity (Wildman–Crippen MR) is 114 cm³/mol. The number of hydrogen-bond donors (Lipinski definition) is 1. The third kappa shape index (κ3) is 3.33. The van der Waals surface area contributed by atoms with Crippen LogP contribution >= 0.6 is 15.9 Å². The van der Waals surface area contributed by atoms with Crippen molar-refractivity contribution < 1.29 is 9.53 Å². The van der Waals surface area contributed by atoms with E-state index in [-0.39, 0.29) is 12.0 Å². The van der Waals surface area contributed by atoms with Crippen LogP contribution in [-0.4, -0.2) is 22.1 Å². The van der Waals surface area contributed by atoms with Gasteiger partial charge in [-0.2, -0.15) is 0 Å². The average Bonchev–Trinajstić information content (AvgIpc) is 3.05. The minimum Gasteiger partial charge on any atom is -0.462 e. The number of rotatable bonds is 5. The van der Waals surface area contributed by atoms with E-state index in [0.29, 0.717) is 12.2 Å². The van der Waals surface area contributed by atoms with Gasteiger partial charge in [0.05, 0.1) is 29.3 Å². The number of carbonyl (C=O) groups excluding carboxylic acids is 1. The van der Waals surface area contributed by atoms with E-state index >= 15 is 0 Å². The van der Waals surface area contributed by atoms with Gasteiger partial charge in [0.25, 0.3) is 0 Å². The molecule has 0 fully saturated rings. The first-order valence-electron chi connectivity index (χ1n) is 9.47. The number of fused-ring (bicyclic) bond motifs is 3. The number of carbonyl (C=O) groups is 1. The summed E-state index contributed by atoms with van der Waals surface area (Å²) in [5, 5.41) is 3.30. The van der Waals surface area contributed by atoms with Crippen LogP contribution in [0, 0.1) is 0 Å². The van der Waals surface area contributed by atoms with E-state index in [1.54, 1.807) is 0 Å². The highest BCUT2D eigenvalue weighted by Crippen LogP contribution is 2.39. The van der Waals surface area contributed by atoms with Gasteiger partial charge in [0.1, 0.15) is 0 Å². The lowest BCUT2D eigenvalue weighted by Crippen LogP contribution is -2.29. The fraction of sp³-hybridized carbons (Fsp3) is 0.273. The topological polar surface area (TPSA) is 56.1 Å². The molecule has 2 aromatic carbocycles. The summed E-state index contributed by atoms with van der Waals surface area (Å²) < 4.78 is 8.67. The zero-order valence-electron chi connectivity index (χ0n) is 15.9. The number of hydrogen-bond acceptors (Lipinski definition) is 4. The molecule has 6 heteroatoms. The van der Waals surface area contributed by atoms with Crippen LogP contribution in [0.25, 0.3) is 11.0 Å². The van der Waals surface area contributed by atoms with Crippen molar-refractivity contribution >= 4 is 38.9 Å². The molecule has 144 valence electrons. The lowest BCUT2D eigenvalue weighted by molar-refractivity contribution is -0.139. The van der Waals surface area contributed by atoms with Crippen molar-refractivity contribution in [3.63, 3.8) is 0 Å². The van der Waals surface area contributed by atoms with E-state index in [0.717, 1.165) is 45.6 Å². The van der Waals surface area contributed by atoms with E-state index in [2.05, 4.69) is 32.7 Å². The van der Waals surface area contributed by atoms with Gasteiger partial charge < -0.3 is 10.1 Å². The SMILES string of the molecule is CCCCOC(=O)C1=C(C)Nc2nc3ccccc3n2[C@H]1c1ccc(Br)cc1. The third-order valence-electron chi connectivity index (χ3n) is 4.97. The highest BCUT2D eigenvalue weighted by atomic mass is 79.9. The maximum atomic E-state index is 13.0. The minimum atomic E-state index is -0.300. The zero-order chi connectivity index (χ0) is 19.7. The van der Waals surface area contributed by atoms with Crippen molar-refractivity contribution in [2.75, 3.05) is 11.9 Å². The predicted octanol–water partition coefficient (Wildman–Crippen LogP) is 5.43. The van der Waals surface area contributed by atoms with Gasteiger partial charge in [-0.1, -0.05) is 53.5 Å². The first kappa shape index (κ1) is 18.7. The Hall–Kier alpha value is -2.60. The number of esters is 1. The van der Waals surface area contributed by atoms with Gasteiger partial charge in [0.2, 0.25) is 5.95 Å². The van der Waals surface area contributed by atoms with Crippen molar-refractivity contribution in [3.8, 4) is 0 Å². The molecule has 0 unspecified atom stereocenters. The maximum absolute atomic E-state index is 13.0.